The number of amides is 1. The lowest BCUT2D eigenvalue weighted by molar-refractivity contribution is -0.0668. The lowest BCUT2D eigenvalue weighted by Gasteiger charge is -2.37. The third kappa shape index (κ3) is 2.65. The van der Waals surface area contributed by atoms with Crippen molar-refractivity contribution in [2.45, 2.75) is 26.0 Å². The zero-order valence-electron chi connectivity index (χ0n) is 9.92. The molecule has 1 N–H and O–H groups in total. The van der Waals surface area contributed by atoms with E-state index >= 15 is 0 Å². The van der Waals surface area contributed by atoms with Crippen LogP contribution in [0.15, 0.2) is 5.38 Å². The van der Waals surface area contributed by atoms with E-state index in [2.05, 4.69) is 4.98 Å². The Morgan fingerprint density at radius 2 is 2.53 bits per heavy atom. The minimum Gasteiger partial charge on any atom is -0.394 e. The molecule has 0 spiro atoms. The van der Waals surface area contributed by atoms with E-state index in [1.165, 1.54) is 11.3 Å². The molecule has 2 heterocycles. The summed E-state index contributed by atoms with van der Waals surface area (Å²) in [6.07, 6.45) is -0.283. The van der Waals surface area contributed by atoms with Crippen molar-refractivity contribution in [3.05, 3.63) is 16.1 Å². The van der Waals surface area contributed by atoms with Gasteiger partial charge < -0.3 is 14.7 Å². The molecule has 1 aromatic rings. The van der Waals surface area contributed by atoms with Crippen LogP contribution < -0.4 is 0 Å². The molecule has 1 fully saturated rings. The molecule has 17 heavy (non-hydrogen) atoms. The second kappa shape index (κ2) is 5.12. The van der Waals surface area contributed by atoms with E-state index in [9.17, 15) is 4.79 Å². The van der Waals surface area contributed by atoms with Crippen molar-refractivity contribution in [1.29, 1.82) is 0 Å². The highest BCUT2D eigenvalue weighted by Gasteiger charge is 2.30. The van der Waals surface area contributed by atoms with E-state index in [0.29, 0.717) is 18.8 Å². The van der Waals surface area contributed by atoms with Gasteiger partial charge in [0.05, 0.1) is 30.4 Å². The number of aryl methyl sites for hydroxylation is 1. The maximum absolute atomic E-state index is 12.2. The Kier molecular flexibility index (Phi) is 3.76. The van der Waals surface area contributed by atoms with Gasteiger partial charge >= 0.3 is 0 Å². The number of nitrogens with zero attached hydrogens (tertiary/aromatic N) is 2. The summed E-state index contributed by atoms with van der Waals surface area (Å²) in [7, 11) is 0. The Morgan fingerprint density at radius 3 is 3.12 bits per heavy atom. The molecular formula is C11H16N2O3S. The van der Waals surface area contributed by atoms with Crippen molar-refractivity contribution < 1.29 is 14.6 Å². The molecule has 0 bridgehead atoms. The quantitative estimate of drug-likeness (QED) is 0.845. The standard InChI is InChI=1S/C11H16N2O3S/c1-7-5-16-9(4-14)3-13(7)11(15)10-6-17-8(2)12-10/h6-7,9,14H,3-5H2,1-2H3. The van der Waals surface area contributed by atoms with Gasteiger partial charge in [0.25, 0.3) is 5.91 Å². The Hall–Kier alpha value is -0.980. The Balaban J connectivity index is 2.12. The second-order valence-electron chi connectivity index (χ2n) is 4.20. The summed E-state index contributed by atoms with van der Waals surface area (Å²) < 4.78 is 5.40. The Morgan fingerprint density at radius 1 is 1.76 bits per heavy atom. The molecule has 0 aliphatic carbocycles. The van der Waals surface area contributed by atoms with Crippen molar-refractivity contribution >= 4 is 17.2 Å². The van der Waals surface area contributed by atoms with Crippen LogP contribution in [0.5, 0.6) is 0 Å². The van der Waals surface area contributed by atoms with Gasteiger partial charge in [0.2, 0.25) is 0 Å². The van der Waals surface area contributed by atoms with Gasteiger partial charge in [-0.3, -0.25) is 4.79 Å². The van der Waals surface area contributed by atoms with Crippen LogP contribution in [-0.4, -0.2) is 52.8 Å². The van der Waals surface area contributed by atoms with Gasteiger partial charge in [0, 0.05) is 11.9 Å². The first-order valence-corrected chi connectivity index (χ1v) is 6.45. The van der Waals surface area contributed by atoms with Gasteiger partial charge in [0.1, 0.15) is 5.69 Å². The number of rotatable bonds is 2. The van der Waals surface area contributed by atoms with E-state index < -0.39 is 0 Å². The fourth-order valence-electron chi connectivity index (χ4n) is 1.82. The van der Waals surface area contributed by atoms with Gasteiger partial charge in [-0.1, -0.05) is 0 Å². The molecule has 2 unspecified atom stereocenters. The lowest BCUT2D eigenvalue weighted by atomic mass is 10.2. The van der Waals surface area contributed by atoms with Crippen molar-refractivity contribution in [1.82, 2.24) is 9.88 Å². The highest BCUT2D eigenvalue weighted by molar-refractivity contribution is 7.09. The number of aliphatic hydroxyl groups is 1. The maximum Gasteiger partial charge on any atom is 0.273 e. The number of hydrogen-bond acceptors (Lipinski definition) is 5. The van der Waals surface area contributed by atoms with Crippen LogP contribution >= 0.6 is 11.3 Å². The normalized spacial score (nSPS) is 25.0. The Bertz CT molecular complexity index is 407. The van der Waals surface area contributed by atoms with Crippen LogP contribution in [0.3, 0.4) is 0 Å². The second-order valence-corrected chi connectivity index (χ2v) is 5.26. The van der Waals surface area contributed by atoms with E-state index in [4.69, 9.17) is 9.84 Å². The van der Waals surface area contributed by atoms with Gasteiger partial charge in [-0.2, -0.15) is 0 Å². The molecule has 2 rings (SSSR count). The molecule has 6 heteroatoms. The molecule has 1 aliphatic heterocycles. The summed E-state index contributed by atoms with van der Waals surface area (Å²) in [6, 6.07) is 0.0207. The Labute approximate surface area is 104 Å². The largest absolute Gasteiger partial charge is 0.394 e. The molecular weight excluding hydrogens is 240 g/mol. The minimum absolute atomic E-state index is 0.0207. The molecule has 1 amide bonds. The van der Waals surface area contributed by atoms with Crippen LogP contribution in [0.1, 0.15) is 22.4 Å². The van der Waals surface area contributed by atoms with E-state index in [-0.39, 0.29) is 24.7 Å². The fourth-order valence-corrected chi connectivity index (χ4v) is 2.41. The van der Waals surface area contributed by atoms with Crippen molar-refractivity contribution in [2.24, 2.45) is 0 Å². The van der Waals surface area contributed by atoms with Gasteiger partial charge in [-0.05, 0) is 13.8 Å². The van der Waals surface area contributed by atoms with Crippen LogP contribution in [0.2, 0.25) is 0 Å². The first-order valence-electron chi connectivity index (χ1n) is 5.57. The van der Waals surface area contributed by atoms with Crippen LogP contribution in [0.25, 0.3) is 0 Å². The predicted molar refractivity (Wildman–Crippen MR) is 64.2 cm³/mol. The molecule has 1 aliphatic rings. The first-order chi connectivity index (χ1) is 8.11. The molecule has 2 atom stereocenters. The number of aliphatic hydroxyl groups excluding tert-OH is 1. The van der Waals surface area contributed by atoms with Crippen molar-refractivity contribution in [3.63, 3.8) is 0 Å². The van der Waals surface area contributed by atoms with Crippen LogP contribution in [-0.2, 0) is 4.74 Å². The van der Waals surface area contributed by atoms with Gasteiger partial charge in [-0.25, -0.2) is 4.98 Å². The monoisotopic (exact) mass is 256 g/mol. The highest BCUT2D eigenvalue weighted by Crippen LogP contribution is 2.17. The average molecular weight is 256 g/mol. The third-order valence-corrected chi connectivity index (χ3v) is 3.58. The summed E-state index contributed by atoms with van der Waals surface area (Å²) in [5.74, 6) is -0.0800. The van der Waals surface area contributed by atoms with Crippen molar-refractivity contribution in [2.75, 3.05) is 19.8 Å². The van der Waals surface area contributed by atoms with E-state index in [0.717, 1.165) is 5.01 Å². The number of morpholine rings is 1. The average Bonchev–Trinajstić information content (AvgIpc) is 2.76. The van der Waals surface area contributed by atoms with Gasteiger partial charge in [0.15, 0.2) is 0 Å². The summed E-state index contributed by atoms with van der Waals surface area (Å²) in [4.78, 5) is 18.1. The summed E-state index contributed by atoms with van der Waals surface area (Å²) >= 11 is 1.47. The van der Waals surface area contributed by atoms with Crippen LogP contribution in [0.4, 0.5) is 0 Å². The number of thiazole rings is 1. The number of ether oxygens (including phenoxy) is 1. The molecule has 5 nitrogen and oxygen atoms in total. The molecule has 1 aromatic heterocycles. The number of hydrogen-bond donors (Lipinski definition) is 1. The molecule has 0 radical (unpaired) electrons. The number of aromatic nitrogens is 1. The zero-order valence-corrected chi connectivity index (χ0v) is 10.7. The van der Waals surface area contributed by atoms with Gasteiger partial charge in [-0.15, -0.1) is 11.3 Å². The van der Waals surface area contributed by atoms with E-state index in [1.54, 1.807) is 10.3 Å². The molecule has 1 saturated heterocycles. The topological polar surface area (TPSA) is 62.7 Å². The predicted octanol–water partition coefficient (Wildman–Crippen LogP) is 0.673. The SMILES string of the molecule is Cc1nc(C(=O)N2CC(CO)OCC2C)cs1. The number of carbonyl (C=O) groups is 1. The lowest BCUT2D eigenvalue weighted by Crippen LogP contribution is -2.52. The maximum atomic E-state index is 12.2. The minimum atomic E-state index is -0.283. The first kappa shape index (κ1) is 12.5. The molecule has 0 saturated carbocycles. The molecule has 94 valence electrons. The summed E-state index contributed by atoms with van der Waals surface area (Å²) in [5, 5.41) is 11.7. The number of carbonyl (C=O) groups excluding carboxylic acids is 1. The van der Waals surface area contributed by atoms with Crippen LogP contribution in [0, 0.1) is 6.92 Å². The fraction of sp³-hybridized carbons (Fsp3) is 0.636. The smallest absolute Gasteiger partial charge is 0.273 e. The van der Waals surface area contributed by atoms with E-state index in [1.807, 2.05) is 13.8 Å². The highest BCUT2D eigenvalue weighted by atomic mass is 32.1. The molecule has 0 aromatic carbocycles. The summed E-state index contributed by atoms with van der Waals surface area (Å²) in [6.45, 7) is 4.63. The summed E-state index contributed by atoms with van der Waals surface area (Å²) in [5.41, 5.74) is 0.484. The van der Waals surface area contributed by atoms with Crippen molar-refractivity contribution in [3.8, 4) is 0 Å². The zero-order chi connectivity index (χ0) is 12.4. The third-order valence-electron chi connectivity index (χ3n) is 2.81.